The van der Waals surface area contributed by atoms with Gasteiger partial charge in [-0.05, 0) is 34.8 Å². The van der Waals surface area contributed by atoms with Crippen molar-refractivity contribution in [1.82, 2.24) is 0 Å². The first kappa shape index (κ1) is 23.6. The van der Waals surface area contributed by atoms with Crippen molar-refractivity contribution in [2.75, 3.05) is 12.5 Å². The van der Waals surface area contributed by atoms with Crippen molar-refractivity contribution in [3.05, 3.63) is 0 Å². The molecule has 21 heavy (non-hydrogen) atoms. The summed E-state index contributed by atoms with van der Waals surface area (Å²) in [6.07, 6.45) is 13.2. The normalized spacial score (nSPS) is 31.5. The van der Waals surface area contributed by atoms with Crippen molar-refractivity contribution in [2.45, 2.75) is 104 Å². The van der Waals surface area contributed by atoms with Crippen LogP contribution in [0.3, 0.4) is 0 Å². The van der Waals surface area contributed by atoms with Crippen LogP contribution in [0, 0.1) is 11.8 Å². The third kappa shape index (κ3) is 8.53. The van der Waals surface area contributed by atoms with Gasteiger partial charge in [-0.15, -0.1) is 0 Å². The maximum Gasteiger partial charge on any atom is -0.0114 e. The summed E-state index contributed by atoms with van der Waals surface area (Å²) < 4.78 is 0. The molecular formula is C20H46S. The molecule has 4 atom stereocenters. The summed E-state index contributed by atoms with van der Waals surface area (Å²) in [6, 6.07) is 0. The third-order valence-electron chi connectivity index (χ3n) is 5.64. The van der Waals surface area contributed by atoms with E-state index in [0.29, 0.717) is 0 Å². The summed E-state index contributed by atoms with van der Waals surface area (Å²) >= 11 is 0. The number of hydrogen-bond donors (Lipinski definition) is 0. The summed E-state index contributed by atoms with van der Waals surface area (Å²) in [7, 11) is -0.302. The molecule has 1 saturated heterocycles. The van der Waals surface area contributed by atoms with Gasteiger partial charge in [-0.3, -0.25) is 0 Å². The number of rotatable bonds is 4. The molecule has 1 fully saturated rings. The minimum Gasteiger partial charge on any atom is -0.241 e. The summed E-state index contributed by atoms with van der Waals surface area (Å²) in [4.78, 5) is 0. The fraction of sp³-hybridized carbons (Fsp3) is 1.00. The molecule has 0 nitrogen and oxygen atoms in total. The van der Waals surface area contributed by atoms with Gasteiger partial charge in [0.2, 0.25) is 0 Å². The minimum atomic E-state index is -0.302. The summed E-state index contributed by atoms with van der Waals surface area (Å²) in [6.45, 7) is 18.6. The van der Waals surface area contributed by atoms with Crippen molar-refractivity contribution < 1.29 is 0 Å². The van der Waals surface area contributed by atoms with E-state index >= 15 is 0 Å². The molecule has 0 saturated carbocycles. The van der Waals surface area contributed by atoms with Crippen LogP contribution in [0.15, 0.2) is 0 Å². The van der Waals surface area contributed by atoms with Crippen LogP contribution >= 0.6 is 10.0 Å². The largest absolute Gasteiger partial charge is 0.241 e. The highest BCUT2D eigenvalue weighted by Crippen LogP contribution is 2.62. The molecule has 0 aromatic rings. The average Bonchev–Trinajstić information content (AvgIpc) is 2.58. The van der Waals surface area contributed by atoms with Crippen LogP contribution in [-0.4, -0.2) is 23.0 Å². The smallest absolute Gasteiger partial charge is 0.0114 e. The Hall–Kier alpha value is 0.350. The molecule has 1 heterocycles. The molecule has 1 aliphatic heterocycles. The van der Waals surface area contributed by atoms with E-state index in [0.717, 1.165) is 22.3 Å². The Morgan fingerprint density at radius 3 is 0.857 bits per heavy atom. The third-order valence-corrected chi connectivity index (χ3v) is 10.3. The SMILES string of the molecule is CC1C(C)C(C)S(C)(C)C1C.CCCCC.CCCCC. The zero-order chi connectivity index (χ0) is 17.1. The van der Waals surface area contributed by atoms with Gasteiger partial charge in [-0.25, -0.2) is 10.0 Å². The first-order valence-electron chi connectivity index (χ1n) is 9.43. The Morgan fingerprint density at radius 1 is 0.571 bits per heavy atom. The van der Waals surface area contributed by atoms with E-state index in [9.17, 15) is 0 Å². The Balaban J connectivity index is 0. The molecule has 0 bridgehead atoms. The molecule has 1 rings (SSSR count). The maximum atomic E-state index is 2.50. The minimum absolute atomic E-state index is 0.302. The second-order valence-corrected chi connectivity index (χ2v) is 11.8. The first-order chi connectivity index (χ1) is 9.72. The summed E-state index contributed by atoms with van der Waals surface area (Å²) in [5.74, 6) is 1.88. The van der Waals surface area contributed by atoms with Crippen molar-refractivity contribution >= 4 is 10.0 Å². The second-order valence-electron chi connectivity index (χ2n) is 7.32. The van der Waals surface area contributed by atoms with E-state index in [1.807, 2.05) is 0 Å². The van der Waals surface area contributed by atoms with Gasteiger partial charge in [0.05, 0.1) is 0 Å². The van der Waals surface area contributed by atoms with Crippen molar-refractivity contribution in [3.63, 3.8) is 0 Å². The highest BCUT2D eigenvalue weighted by atomic mass is 32.3. The Bertz CT molecular complexity index is 196. The van der Waals surface area contributed by atoms with E-state index < -0.39 is 0 Å². The topological polar surface area (TPSA) is 0 Å². The van der Waals surface area contributed by atoms with Crippen LogP contribution in [-0.2, 0) is 0 Å². The second kappa shape index (κ2) is 12.9. The van der Waals surface area contributed by atoms with Gasteiger partial charge in [0.1, 0.15) is 0 Å². The molecule has 0 spiro atoms. The van der Waals surface area contributed by atoms with Gasteiger partial charge >= 0.3 is 0 Å². The van der Waals surface area contributed by atoms with E-state index in [2.05, 4.69) is 67.9 Å². The van der Waals surface area contributed by atoms with Gasteiger partial charge in [-0.2, -0.15) is 0 Å². The van der Waals surface area contributed by atoms with E-state index in [1.165, 1.54) is 38.5 Å². The molecule has 1 heteroatoms. The predicted octanol–water partition coefficient (Wildman–Crippen LogP) is 7.51. The van der Waals surface area contributed by atoms with Crippen molar-refractivity contribution in [1.29, 1.82) is 0 Å². The van der Waals surface area contributed by atoms with E-state index in [-0.39, 0.29) is 10.0 Å². The van der Waals surface area contributed by atoms with Crippen LogP contribution in [0.5, 0.6) is 0 Å². The zero-order valence-electron chi connectivity index (χ0n) is 17.0. The molecule has 0 radical (unpaired) electrons. The predicted molar refractivity (Wildman–Crippen MR) is 107 cm³/mol. The summed E-state index contributed by atoms with van der Waals surface area (Å²) in [5, 5.41) is 1.93. The Morgan fingerprint density at radius 2 is 0.810 bits per heavy atom. The highest BCUT2D eigenvalue weighted by Gasteiger charge is 2.43. The lowest BCUT2D eigenvalue weighted by atomic mass is 9.92. The van der Waals surface area contributed by atoms with Gasteiger partial charge < -0.3 is 0 Å². The highest BCUT2D eigenvalue weighted by molar-refractivity contribution is 8.33. The Kier molecular flexibility index (Phi) is 14.5. The maximum absolute atomic E-state index is 2.50. The molecule has 4 unspecified atom stereocenters. The monoisotopic (exact) mass is 318 g/mol. The molecule has 0 aliphatic carbocycles. The fourth-order valence-corrected chi connectivity index (χ4v) is 6.39. The van der Waals surface area contributed by atoms with Gasteiger partial charge in [0, 0.05) is 0 Å². The molecule has 0 N–H and O–H groups in total. The van der Waals surface area contributed by atoms with Crippen LogP contribution < -0.4 is 0 Å². The molecule has 1 aliphatic rings. The summed E-state index contributed by atoms with van der Waals surface area (Å²) in [5.41, 5.74) is 0. The zero-order valence-corrected chi connectivity index (χ0v) is 17.8. The van der Waals surface area contributed by atoms with Gasteiger partial charge in [-0.1, -0.05) is 93.9 Å². The van der Waals surface area contributed by atoms with Crippen LogP contribution in [0.2, 0.25) is 0 Å². The quantitative estimate of drug-likeness (QED) is 0.503. The van der Waals surface area contributed by atoms with Crippen LogP contribution in [0.4, 0.5) is 0 Å². The number of hydrogen-bond acceptors (Lipinski definition) is 0. The first-order valence-corrected chi connectivity index (χ1v) is 12.0. The fourth-order valence-electron chi connectivity index (χ4n) is 3.01. The molecule has 132 valence electrons. The number of unbranched alkanes of at least 4 members (excludes halogenated alkanes) is 4. The van der Waals surface area contributed by atoms with Crippen LogP contribution in [0.25, 0.3) is 0 Å². The van der Waals surface area contributed by atoms with E-state index in [4.69, 9.17) is 0 Å². The van der Waals surface area contributed by atoms with Crippen LogP contribution in [0.1, 0.15) is 93.9 Å². The van der Waals surface area contributed by atoms with Crippen molar-refractivity contribution in [3.8, 4) is 0 Å². The average molecular weight is 319 g/mol. The van der Waals surface area contributed by atoms with Gasteiger partial charge in [0.25, 0.3) is 0 Å². The Labute approximate surface area is 139 Å². The molecule has 0 aromatic carbocycles. The molecule has 0 aromatic heterocycles. The lowest BCUT2D eigenvalue weighted by Crippen LogP contribution is -2.14. The van der Waals surface area contributed by atoms with E-state index in [1.54, 1.807) is 0 Å². The lowest BCUT2D eigenvalue weighted by molar-refractivity contribution is 0.413. The van der Waals surface area contributed by atoms with Crippen molar-refractivity contribution in [2.24, 2.45) is 11.8 Å². The van der Waals surface area contributed by atoms with Gasteiger partial charge in [0.15, 0.2) is 0 Å². The lowest BCUT2D eigenvalue weighted by Gasteiger charge is -2.37. The molecule has 0 amide bonds. The molecular weight excluding hydrogens is 272 g/mol. The standard InChI is InChI=1S/C10H22S.2C5H12/c1-7-8(2)10(4)11(5,6)9(7)3;2*1-3-5-4-2/h7-10H,1-6H3;2*3-5H2,1-2H3.